The van der Waals surface area contributed by atoms with Crippen LogP contribution >= 0.6 is 0 Å². The number of nitrogens with zero attached hydrogens (tertiary/aromatic N) is 1. The van der Waals surface area contributed by atoms with Gasteiger partial charge >= 0.3 is 0 Å². The van der Waals surface area contributed by atoms with Crippen molar-refractivity contribution in [2.75, 3.05) is 0 Å². The molecule has 0 unspecified atom stereocenters. The molecule has 22 heavy (non-hydrogen) atoms. The van der Waals surface area contributed by atoms with Crippen LogP contribution in [0.25, 0.3) is 0 Å². The lowest BCUT2D eigenvalue weighted by molar-refractivity contribution is -0.213. The van der Waals surface area contributed by atoms with Gasteiger partial charge in [0.2, 0.25) is 5.91 Å². The first kappa shape index (κ1) is 17.3. The molecule has 0 aromatic heterocycles. The molecule has 1 saturated carbocycles. The van der Waals surface area contributed by atoms with Crippen LogP contribution in [0.2, 0.25) is 0 Å². The van der Waals surface area contributed by atoms with Crippen molar-refractivity contribution in [2.24, 2.45) is 11.8 Å². The van der Waals surface area contributed by atoms with Gasteiger partial charge in [-0.2, -0.15) is 0 Å². The van der Waals surface area contributed by atoms with E-state index < -0.39 is 0 Å². The average molecular weight is 305 g/mol. The summed E-state index contributed by atoms with van der Waals surface area (Å²) in [6.45, 7) is 12.7. The van der Waals surface area contributed by atoms with E-state index in [4.69, 9.17) is 4.74 Å². The number of rotatable bonds is 2. The molecule has 1 saturated heterocycles. The van der Waals surface area contributed by atoms with E-state index in [9.17, 15) is 4.79 Å². The van der Waals surface area contributed by atoms with Gasteiger partial charge in [-0.25, -0.2) is 0 Å². The standard InChI is InChI=1S/C19H31NO2/c1-7-8-17(21)20-18(11-13(2)3)22-16-12-14(4)9-10-15(16)19(20,5)6/h7-8,11,14-16,18H,9-10,12H2,1-6H3/b8-7+/t14-,15-,16-,18+/m1/s1. The summed E-state index contributed by atoms with van der Waals surface area (Å²) in [6.07, 6.45) is 9.03. The molecule has 4 atom stereocenters. The fraction of sp³-hybridized carbons (Fsp3) is 0.737. The minimum atomic E-state index is -0.254. The van der Waals surface area contributed by atoms with Crippen molar-refractivity contribution >= 4 is 5.91 Å². The van der Waals surface area contributed by atoms with Crippen molar-refractivity contribution in [2.45, 2.75) is 78.7 Å². The maximum atomic E-state index is 12.7. The summed E-state index contributed by atoms with van der Waals surface area (Å²) < 4.78 is 6.38. The monoisotopic (exact) mass is 305 g/mol. The number of allylic oxidation sites excluding steroid dienone is 2. The van der Waals surface area contributed by atoms with Gasteiger partial charge in [-0.15, -0.1) is 0 Å². The predicted octanol–water partition coefficient (Wildman–Crippen LogP) is 4.30. The van der Waals surface area contributed by atoms with E-state index in [1.807, 2.05) is 17.9 Å². The third kappa shape index (κ3) is 3.29. The number of ether oxygens (including phenoxy) is 1. The summed E-state index contributed by atoms with van der Waals surface area (Å²) >= 11 is 0. The zero-order valence-corrected chi connectivity index (χ0v) is 14.9. The largest absolute Gasteiger partial charge is 0.351 e. The zero-order chi connectivity index (χ0) is 16.5. The van der Waals surface area contributed by atoms with Crippen LogP contribution in [0.4, 0.5) is 0 Å². The Hall–Kier alpha value is -1.09. The van der Waals surface area contributed by atoms with Crippen LogP contribution in [-0.4, -0.2) is 28.7 Å². The van der Waals surface area contributed by atoms with Gasteiger partial charge < -0.3 is 9.64 Å². The normalized spacial score (nSPS) is 34.4. The minimum absolute atomic E-state index is 0.0482. The maximum absolute atomic E-state index is 12.7. The van der Waals surface area contributed by atoms with E-state index in [-0.39, 0.29) is 23.8 Å². The van der Waals surface area contributed by atoms with Gasteiger partial charge in [0.1, 0.15) is 0 Å². The first-order chi connectivity index (χ1) is 10.3. The SMILES string of the molecule is C/C=C/C(=O)N1[C@H](C=C(C)C)O[C@@H]2C[C@H](C)CC[C@H]2C1(C)C. The quantitative estimate of drug-likeness (QED) is 0.562. The second-order valence-electron chi connectivity index (χ2n) is 7.70. The molecule has 1 aliphatic heterocycles. The fourth-order valence-electron chi connectivity index (χ4n) is 4.07. The Morgan fingerprint density at radius 2 is 1.95 bits per heavy atom. The molecule has 1 heterocycles. The summed E-state index contributed by atoms with van der Waals surface area (Å²) in [4.78, 5) is 14.6. The third-order valence-corrected chi connectivity index (χ3v) is 5.17. The molecule has 0 aromatic carbocycles. The first-order valence-electron chi connectivity index (χ1n) is 8.53. The van der Waals surface area contributed by atoms with Crippen molar-refractivity contribution in [3.8, 4) is 0 Å². The zero-order valence-electron chi connectivity index (χ0n) is 14.9. The van der Waals surface area contributed by atoms with E-state index in [0.717, 1.165) is 12.8 Å². The Morgan fingerprint density at radius 3 is 2.55 bits per heavy atom. The van der Waals surface area contributed by atoms with Gasteiger partial charge in [0.15, 0.2) is 6.23 Å². The van der Waals surface area contributed by atoms with Gasteiger partial charge in [0, 0.05) is 11.5 Å². The van der Waals surface area contributed by atoms with Crippen LogP contribution in [-0.2, 0) is 9.53 Å². The van der Waals surface area contributed by atoms with Crippen LogP contribution in [0.3, 0.4) is 0 Å². The second kappa shape index (κ2) is 6.57. The van der Waals surface area contributed by atoms with Crippen LogP contribution in [0.1, 0.15) is 60.8 Å². The van der Waals surface area contributed by atoms with Gasteiger partial charge in [-0.1, -0.05) is 25.0 Å². The summed E-state index contributed by atoms with van der Waals surface area (Å²) in [7, 11) is 0. The Labute approximate surface area is 135 Å². The number of fused-ring (bicyclic) bond motifs is 1. The molecular formula is C19H31NO2. The molecule has 2 fully saturated rings. The summed E-state index contributed by atoms with van der Waals surface area (Å²) in [5.41, 5.74) is 0.998. The lowest BCUT2D eigenvalue weighted by Gasteiger charge is -2.56. The van der Waals surface area contributed by atoms with Crippen LogP contribution in [0.15, 0.2) is 23.8 Å². The third-order valence-electron chi connectivity index (χ3n) is 5.17. The Morgan fingerprint density at radius 1 is 1.27 bits per heavy atom. The molecule has 0 aromatic rings. The Bertz CT molecular complexity index is 474. The van der Waals surface area contributed by atoms with E-state index in [1.165, 1.54) is 12.0 Å². The predicted molar refractivity (Wildman–Crippen MR) is 90.3 cm³/mol. The number of carbonyl (C=O) groups excluding carboxylic acids is 1. The van der Waals surface area contributed by atoms with Crippen LogP contribution in [0, 0.1) is 11.8 Å². The minimum Gasteiger partial charge on any atom is -0.351 e. The lowest BCUT2D eigenvalue weighted by atomic mass is 9.69. The van der Waals surface area contributed by atoms with Gasteiger partial charge in [-0.05, 0) is 65.5 Å². The molecule has 124 valence electrons. The number of carbonyl (C=O) groups is 1. The van der Waals surface area contributed by atoms with Crippen molar-refractivity contribution < 1.29 is 9.53 Å². The van der Waals surface area contributed by atoms with Gasteiger partial charge in [0.25, 0.3) is 0 Å². The molecule has 0 spiro atoms. The van der Waals surface area contributed by atoms with Crippen molar-refractivity contribution in [1.29, 1.82) is 0 Å². The highest BCUT2D eigenvalue weighted by Gasteiger charge is 2.51. The molecule has 3 heteroatoms. The summed E-state index contributed by atoms with van der Waals surface area (Å²) in [5, 5.41) is 0. The molecule has 2 aliphatic rings. The Balaban J connectivity index is 2.38. The van der Waals surface area contributed by atoms with Crippen LogP contribution < -0.4 is 0 Å². The molecule has 1 aliphatic carbocycles. The molecule has 0 radical (unpaired) electrons. The maximum Gasteiger partial charge on any atom is 0.248 e. The average Bonchev–Trinajstić information content (AvgIpc) is 2.36. The lowest BCUT2D eigenvalue weighted by Crippen LogP contribution is -2.65. The smallest absolute Gasteiger partial charge is 0.248 e. The number of hydrogen-bond acceptors (Lipinski definition) is 2. The fourth-order valence-corrected chi connectivity index (χ4v) is 4.07. The summed E-state index contributed by atoms with van der Waals surface area (Å²) in [6, 6.07) is 0. The second-order valence-corrected chi connectivity index (χ2v) is 7.70. The highest BCUT2D eigenvalue weighted by molar-refractivity contribution is 5.88. The van der Waals surface area contributed by atoms with E-state index in [2.05, 4.69) is 40.7 Å². The van der Waals surface area contributed by atoms with E-state index >= 15 is 0 Å². The van der Waals surface area contributed by atoms with Gasteiger partial charge in [-0.3, -0.25) is 4.79 Å². The molecule has 3 nitrogen and oxygen atoms in total. The molecular weight excluding hydrogens is 274 g/mol. The number of hydrogen-bond donors (Lipinski definition) is 0. The molecule has 2 rings (SSSR count). The molecule has 0 bridgehead atoms. The highest BCUT2D eigenvalue weighted by Crippen LogP contribution is 2.45. The van der Waals surface area contributed by atoms with Crippen molar-refractivity contribution in [1.82, 2.24) is 4.90 Å². The molecule has 0 N–H and O–H groups in total. The first-order valence-corrected chi connectivity index (χ1v) is 8.53. The van der Waals surface area contributed by atoms with Gasteiger partial charge in [0.05, 0.1) is 6.10 Å². The highest BCUT2D eigenvalue weighted by atomic mass is 16.5. The number of amides is 1. The van der Waals surface area contributed by atoms with E-state index in [0.29, 0.717) is 11.8 Å². The van der Waals surface area contributed by atoms with Crippen LogP contribution in [0.5, 0.6) is 0 Å². The summed E-state index contributed by atoms with van der Waals surface area (Å²) in [5.74, 6) is 1.17. The topological polar surface area (TPSA) is 29.5 Å². The Kier molecular flexibility index (Phi) is 5.16. The van der Waals surface area contributed by atoms with Crippen molar-refractivity contribution in [3.05, 3.63) is 23.8 Å². The van der Waals surface area contributed by atoms with E-state index in [1.54, 1.807) is 6.08 Å². The molecule has 1 amide bonds. The van der Waals surface area contributed by atoms with Crippen molar-refractivity contribution in [3.63, 3.8) is 0 Å².